The van der Waals surface area contributed by atoms with Crippen LogP contribution >= 0.6 is 11.3 Å². The molecule has 0 spiro atoms. The molecule has 0 N–H and O–H groups in total. The summed E-state index contributed by atoms with van der Waals surface area (Å²) < 4.78 is 2.64. The van der Waals surface area contributed by atoms with E-state index in [1.54, 1.807) is 0 Å². The molecule has 0 saturated heterocycles. The van der Waals surface area contributed by atoms with Crippen molar-refractivity contribution in [2.75, 3.05) is 0 Å². The first kappa shape index (κ1) is 21.5. The predicted molar refractivity (Wildman–Crippen MR) is 162 cm³/mol. The second kappa shape index (κ2) is 8.51. The molecule has 0 radical (unpaired) electrons. The van der Waals surface area contributed by atoms with Crippen LogP contribution in [0.1, 0.15) is 11.3 Å². The molecule has 8 rings (SSSR count). The Labute approximate surface area is 225 Å². The number of hydrogen-bond acceptors (Lipinski definition) is 2. The molecule has 0 bridgehead atoms. The lowest BCUT2D eigenvalue weighted by atomic mass is 9.93. The molecule has 0 unspecified atom stereocenters. The van der Waals surface area contributed by atoms with Gasteiger partial charge in [-0.25, -0.2) is 0 Å². The molecule has 1 aliphatic rings. The summed E-state index contributed by atoms with van der Waals surface area (Å²) >= 11 is 1.86. The molecule has 2 heteroatoms. The number of nitrogens with zero attached hydrogens (tertiary/aromatic N) is 1. The zero-order valence-electron chi connectivity index (χ0n) is 20.7. The molecule has 0 amide bonds. The molecule has 1 nitrogen and oxygen atoms in total. The van der Waals surface area contributed by atoms with E-state index < -0.39 is 0 Å². The summed E-state index contributed by atoms with van der Waals surface area (Å²) in [6, 6.07) is 46.0. The van der Waals surface area contributed by atoms with Gasteiger partial charge in [0.25, 0.3) is 0 Å². The quantitative estimate of drug-likeness (QED) is 0.235. The average molecular weight is 502 g/mol. The fraction of sp³-hybridized carbons (Fsp3) is 0.0278. The zero-order chi connectivity index (χ0) is 25.1. The molecule has 1 aliphatic carbocycles. The molecule has 38 heavy (non-hydrogen) atoms. The number of benzene rings is 5. The topological polar surface area (TPSA) is 12.9 Å². The summed E-state index contributed by atoms with van der Waals surface area (Å²) in [4.78, 5) is 5.27. The highest BCUT2D eigenvalue weighted by atomic mass is 32.1. The van der Waals surface area contributed by atoms with Crippen LogP contribution in [0.25, 0.3) is 64.8 Å². The largest absolute Gasteiger partial charge is 0.252 e. The summed E-state index contributed by atoms with van der Waals surface area (Å²) in [7, 11) is 0. The zero-order valence-corrected chi connectivity index (χ0v) is 21.5. The van der Waals surface area contributed by atoms with E-state index in [0.717, 1.165) is 12.1 Å². The van der Waals surface area contributed by atoms with Crippen molar-refractivity contribution < 1.29 is 0 Å². The Morgan fingerprint density at radius 2 is 1.21 bits per heavy atom. The molecule has 0 atom stereocenters. The van der Waals surface area contributed by atoms with Gasteiger partial charge in [0.15, 0.2) is 0 Å². The van der Waals surface area contributed by atoms with E-state index in [9.17, 15) is 0 Å². The van der Waals surface area contributed by atoms with Crippen LogP contribution in [0.3, 0.4) is 0 Å². The van der Waals surface area contributed by atoms with Gasteiger partial charge in [-0.1, -0.05) is 109 Å². The van der Waals surface area contributed by atoms with Crippen LogP contribution in [0.15, 0.2) is 127 Å². The SMILES string of the molecule is c1ccc(-c2cccc(-c3cccc4c3Cc3nc(-c5cccc6c5sc5ccccc56)ccc3-4)c2)cc1. The lowest BCUT2D eigenvalue weighted by molar-refractivity contribution is 1.13. The Hall–Kier alpha value is -4.53. The highest BCUT2D eigenvalue weighted by Gasteiger charge is 2.24. The van der Waals surface area contributed by atoms with Crippen LogP contribution in [-0.4, -0.2) is 4.98 Å². The van der Waals surface area contributed by atoms with Crippen LogP contribution in [0.2, 0.25) is 0 Å². The molecule has 2 heterocycles. The van der Waals surface area contributed by atoms with Crippen LogP contribution in [0.5, 0.6) is 0 Å². The van der Waals surface area contributed by atoms with Crippen LogP contribution < -0.4 is 0 Å². The maximum atomic E-state index is 5.27. The Morgan fingerprint density at radius 1 is 0.500 bits per heavy atom. The van der Waals surface area contributed by atoms with Crippen LogP contribution in [0, 0.1) is 0 Å². The lowest BCUT2D eigenvalue weighted by Gasteiger charge is -2.11. The van der Waals surface area contributed by atoms with Crippen LogP contribution in [-0.2, 0) is 6.42 Å². The fourth-order valence-corrected chi connectivity index (χ4v) is 7.17. The Kier molecular flexibility index (Phi) is 4.83. The van der Waals surface area contributed by atoms with Crippen molar-refractivity contribution in [2.45, 2.75) is 6.42 Å². The van der Waals surface area contributed by atoms with E-state index in [0.29, 0.717) is 0 Å². The molecule has 178 valence electrons. The first-order chi connectivity index (χ1) is 18.8. The van der Waals surface area contributed by atoms with Crippen molar-refractivity contribution in [1.29, 1.82) is 0 Å². The maximum absolute atomic E-state index is 5.27. The minimum absolute atomic E-state index is 0.854. The van der Waals surface area contributed by atoms with Crippen LogP contribution in [0.4, 0.5) is 0 Å². The number of thiophene rings is 1. The summed E-state index contributed by atoms with van der Waals surface area (Å²) in [5, 5.41) is 2.64. The van der Waals surface area contributed by atoms with Gasteiger partial charge in [-0.3, -0.25) is 4.98 Å². The van der Waals surface area contributed by atoms with Gasteiger partial charge in [0.05, 0.1) is 11.4 Å². The number of aromatic nitrogens is 1. The Bertz CT molecular complexity index is 2000. The second-order valence-electron chi connectivity index (χ2n) is 9.93. The predicted octanol–water partition coefficient (Wildman–Crippen LogP) is 10.0. The second-order valence-corrected chi connectivity index (χ2v) is 11.0. The summed E-state index contributed by atoms with van der Waals surface area (Å²) in [5.74, 6) is 0. The highest BCUT2D eigenvalue weighted by molar-refractivity contribution is 7.26. The molecule has 0 fully saturated rings. The van der Waals surface area contributed by atoms with Gasteiger partial charge in [-0.15, -0.1) is 11.3 Å². The molecule has 0 saturated carbocycles. The number of pyridine rings is 1. The lowest BCUT2D eigenvalue weighted by Crippen LogP contribution is -1.92. The third-order valence-corrected chi connectivity index (χ3v) is 8.97. The van der Waals surface area contributed by atoms with Crippen molar-refractivity contribution >= 4 is 31.5 Å². The van der Waals surface area contributed by atoms with E-state index in [2.05, 4.69) is 127 Å². The fourth-order valence-electron chi connectivity index (χ4n) is 5.94. The van der Waals surface area contributed by atoms with Gasteiger partial charge in [0.1, 0.15) is 0 Å². The van der Waals surface area contributed by atoms with Gasteiger partial charge in [-0.2, -0.15) is 0 Å². The van der Waals surface area contributed by atoms with Gasteiger partial charge >= 0.3 is 0 Å². The van der Waals surface area contributed by atoms with E-state index >= 15 is 0 Å². The molecular formula is C36H23NS. The van der Waals surface area contributed by atoms with E-state index in [4.69, 9.17) is 4.98 Å². The van der Waals surface area contributed by atoms with Crippen molar-refractivity contribution in [3.63, 3.8) is 0 Å². The maximum Gasteiger partial charge on any atom is 0.0720 e. The third-order valence-electron chi connectivity index (χ3n) is 7.75. The minimum Gasteiger partial charge on any atom is -0.252 e. The Morgan fingerprint density at radius 3 is 2.16 bits per heavy atom. The number of rotatable bonds is 3. The molecular weight excluding hydrogens is 478 g/mol. The smallest absolute Gasteiger partial charge is 0.0720 e. The molecule has 0 aliphatic heterocycles. The van der Waals surface area contributed by atoms with Crippen molar-refractivity contribution in [1.82, 2.24) is 4.98 Å². The summed E-state index contributed by atoms with van der Waals surface area (Å²) in [6.45, 7) is 0. The van der Waals surface area contributed by atoms with Crippen molar-refractivity contribution in [3.8, 4) is 44.6 Å². The van der Waals surface area contributed by atoms with Gasteiger partial charge in [-0.05, 0) is 51.6 Å². The normalized spacial score (nSPS) is 12.1. The van der Waals surface area contributed by atoms with E-state index in [1.165, 1.54) is 70.4 Å². The third kappa shape index (κ3) is 3.34. The summed E-state index contributed by atoms with van der Waals surface area (Å²) in [6.07, 6.45) is 0.854. The summed E-state index contributed by atoms with van der Waals surface area (Å²) in [5.41, 5.74) is 12.4. The number of fused-ring (bicyclic) bond motifs is 6. The van der Waals surface area contributed by atoms with E-state index in [-0.39, 0.29) is 0 Å². The van der Waals surface area contributed by atoms with Gasteiger partial charge in [0, 0.05) is 37.7 Å². The van der Waals surface area contributed by atoms with Gasteiger partial charge < -0.3 is 0 Å². The molecule has 5 aromatic carbocycles. The van der Waals surface area contributed by atoms with Crippen molar-refractivity contribution in [2.24, 2.45) is 0 Å². The first-order valence-electron chi connectivity index (χ1n) is 13.0. The monoisotopic (exact) mass is 501 g/mol. The number of hydrogen-bond donors (Lipinski definition) is 0. The van der Waals surface area contributed by atoms with Gasteiger partial charge in [0.2, 0.25) is 0 Å². The average Bonchev–Trinajstić information content (AvgIpc) is 3.55. The minimum atomic E-state index is 0.854. The highest BCUT2D eigenvalue weighted by Crippen LogP contribution is 2.44. The first-order valence-corrected chi connectivity index (χ1v) is 13.8. The Balaban J connectivity index is 1.22. The molecule has 2 aromatic heterocycles. The molecule has 7 aromatic rings. The van der Waals surface area contributed by atoms with Crippen molar-refractivity contribution in [3.05, 3.63) is 139 Å². The van der Waals surface area contributed by atoms with E-state index in [1.807, 2.05) is 11.3 Å². The standard InChI is InChI=1S/C36H23NS/c1-2-9-23(10-3-1)24-11-6-12-25(21-24)26-14-7-15-27-28-19-20-33(37-34(28)22-32(26)27)31-17-8-16-30-29-13-4-5-18-35(29)38-36(30)31/h1-21H,22H2.